The van der Waals surface area contributed by atoms with Gasteiger partial charge < -0.3 is 15.5 Å². The molecule has 0 unspecified atom stereocenters. The Morgan fingerprint density at radius 3 is 2.85 bits per heavy atom. The van der Waals surface area contributed by atoms with E-state index >= 15 is 0 Å². The molecular weight excluding hydrogens is 306 g/mol. The second kappa shape index (κ2) is 6.04. The Balaban J connectivity index is 2.08. The fourth-order valence-corrected chi connectivity index (χ4v) is 2.57. The summed E-state index contributed by atoms with van der Waals surface area (Å²) in [5.41, 5.74) is 0.673. The van der Waals surface area contributed by atoms with E-state index in [2.05, 4.69) is 15.6 Å². The molecule has 0 aliphatic carbocycles. The SMILES string of the molecule is O=C(Nc1nc2ccc(Cl)cc2s1)N[C@@H](CO)C(=O)O. The molecule has 0 fully saturated rings. The molecule has 4 N–H and O–H groups in total. The highest BCUT2D eigenvalue weighted by molar-refractivity contribution is 7.22. The number of aliphatic carboxylic acids is 1. The lowest BCUT2D eigenvalue weighted by atomic mass is 10.3. The maximum atomic E-state index is 11.6. The van der Waals surface area contributed by atoms with Gasteiger partial charge in [-0.25, -0.2) is 14.6 Å². The standard InChI is InChI=1S/C11H10ClN3O4S/c12-5-1-2-6-8(3-5)20-11(14-6)15-10(19)13-7(4-16)9(17)18/h1-3,7,16H,4H2,(H,17,18)(H2,13,14,15,19)/t7-/m0/s1. The summed E-state index contributed by atoms with van der Waals surface area (Å²) in [5.74, 6) is -1.32. The van der Waals surface area contributed by atoms with E-state index in [0.29, 0.717) is 15.7 Å². The van der Waals surface area contributed by atoms with Crippen LogP contribution < -0.4 is 10.6 Å². The highest BCUT2D eigenvalue weighted by atomic mass is 35.5. The summed E-state index contributed by atoms with van der Waals surface area (Å²) < 4.78 is 0.796. The van der Waals surface area contributed by atoms with Crippen LogP contribution in [-0.2, 0) is 4.79 Å². The van der Waals surface area contributed by atoms with Crippen LogP contribution in [0.1, 0.15) is 0 Å². The minimum Gasteiger partial charge on any atom is -0.480 e. The summed E-state index contributed by atoms with van der Waals surface area (Å²) in [4.78, 5) is 26.4. The quantitative estimate of drug-likeness (QED) is 0.683. The Morgan fingerprint density at radius 2 is 2.20 bits per heavy atom. The molecule has 1 aromatic carbocycles. The van der Waals surface area contributed by atoms with Gasteiger partial charge in [0.05, 0.1) is 16.8 Å². The minimum atomic E-state index is -1.36. The zero-order valence-corrected chi connectivity index (χ0v) is 11.5. The van der Waals surface area contributed by atoms with Crippen LogP contribution >= 0.6 is 22.9 Å². The van der Waals surface area contributed by atoms with E-state index in [9.17, 15) is 9.59 Å². The van der Waals surface area contributed by atoms with E-state index < -0.39 is 24.6 Å². The van der Waals surface area contributed by atoms with Gasteiger partial charge in [-0.05, 0) is 18.2 Å². The fourth-order valence-electron chi connectivity index (χ4n) is 1.43. The molecule has 0 saturated heterocycles. The van der Waals surface area contributed by atoms with Crippen molar-refractivity contribution in [2.75, 3.05) is 11.9 Å². The number of hydrogen-bond acceptors (Lipinski definition) is 5. The lowest BCUT2D eigenvalue weighted by Crippen LogP contribution is -2.45. The number of aliphatic hydroxyl groups excluding tert-OH is 1. The number of hydrogen-bond donors (Lipinski definition) is 4. The van der Waals surface area contributed by atoms with Gasteiger partial charge in [0.2, 0.25) is 0 Å². The molecule has 1 atom stereocenters. The van der Waals surface area contributed by atoms with Crippen molar-refractivity contribution in [2.24, 2.45) is 0 Å². The number of amides is 2. The van der Waals surface area contributed by atoms with E-state index in [1.807, 2.05) is 0 Å². The molecule has 1 heterocycles. The van der Waals surface area contributed by atoms with E-state index in [1.54, 1.807) is 18.2 Å². The summed E-state index contributed by atoms with van der Waals surface area (Å²) in [6.07, 6.45) is 0. The average molecular weight is 316 g/mol. The van der Waals surface area contributed by atoms with Crippen LogP contribution in [0.5, 0.6) is 0 Å². The number of carboxylic acid groups (broad SMARTS) is 1. The van der Waals surface area contributed by atoms with Crippen LogP contribution in [0.15, 0.2) is 18.2 Å². The topological polar surface area (TPSA) is 112 Å². The van der Waals surface area contributed by atoms with Crippen molar-refractivity contribution in [3.63, 3.8) is 0 Å². The number of fused-ring (bicyclic) bond motifs is 1. The summed E-state index contributed by atoms with van der Waals surface area (Å²) >= 11 is 7.05. The zero-order valence-electron chi connectivity index (χ0n) is 9.96. The number of aromatic nitrogens is 1. The van der Waals surface area contributed by atoms with Gasteiger partial charge in [-0.2, -0.15) is 0 Å². The van der Waals surface area contributed by atoms with Gasteiger partial charge in [0.15, 0.2) is 11.2 Å². The highest BCUT2D eigenvalue weighted by Gasteiger charge is 2.19. The van der Waals surface area contributed by atoms with Crippen molar-refractivity contribution in [1.82, 2.24) is 10.3 Å². The van der Waals surface area contributed by atoms with E-state index in [-0.39, 0.29) is 0 Å². The first kappa shape index (κ1) is 14.5. The predicted molar refractivity (Wildman–Crippen MR) is 75.3 cm³/mol. The third kappa shape index (κ3) is 3.35. The van der Waals surface area contributed by atoms with Crippen molar-refractivity contribution < 1.29 is 19.8 Å². The van der Waals surface area contributed by atoms with Crippen LogP contribution in [0.3, 0.4) is 0 Å². The van der Waals surface area contributed by atoms with Gasteiger partial charge in [0.1, 0.15) is 0 Å². The van der Waals surface area contributed by atoms with Gasteiger partial charge in [-0.3, -0.25) is 5.32 Å². The van der Waals surface area contributed by atoms with Crippen molar-refractivity contribution in [1.29, 1.82) is 0 Å². The number of benzene rings is 1. The third-order valence-electron chi connectivity index (χ3n) is 2.36. The van der Waals surface area contributed by atoms with E-state index in [4.69, 9.17) is 21.8 Å². The van der Waals surface area contributed by atoms with Gasteiger partial charge >= 0.3 is 12.0 Å². The van der Waals surface area contributed by atoms with Gasteiger partial charge in [0.25, 0.3) is 0 Å². The average Bonchev–Trinajstić information content (AvgIpc) is 2.76. The lowest BCUT2D eigenvalue weighted by molar-refractivity contribution is -0.140. The van der Waals surface area contributed by atoms with Crippen LogP contribution in [0.4, 0.5) is 9.93 Å². The number of nitrogens with one attached hydrogen (secondary N) is 2. The van der Waals surface area contributed by atoms with Gasteiger partial charge in [-0.15, -0.1) is 0 Å². The Morgan fingerprint density at radius 1 is 1.45 bits per heavy atom. The number of aliphatic hydroxyl groups is 1. The number of nitrogens with zero attached hydrogens (tertiary/aromatic N) is 1. The summed E-state index contributed by atoms with van der Waals surface area (Å²) in [7, 11) is 0. The van der Waals surface area contributed by atoms with Crippen molar-refractivity contribution in [3.8, 4) is 0 Å². The van der Waals surface area contributed by atoms with Gasteiger partial charge in [0, 0.05) is 5.02 Å². The molecule has 2 rings (SSSR count). The Kier molecular flexibility index (Phi) is 4.38. The molecule has 7 nitrogen and oxygen atoms in total. The molecule has 0 bridgehead atoms. The molecule has 2 amide bonds. The molecule has 9 heteroatoms. The lowest BCUT2D eigenvalue weighted by Gasteiger charge is -2.11. The number of carbonyl (C=O) groups excluding carboxylic acids is 1. The van der Waals surface area contributed by atoms with Crippen molar-refractivity contribution >= 4 is 50.3 Å². The number of carbonyl (C=O) groups is 2. The van der Waals surface area contributed by atoms with Crippen LogP contribution in [0, 0.1) is 0 Å². The molecule has 0 saturated carbocycles. The molecule has 106 valence electrons. The monoisotopic (exact) mass is 315 g/mol. The van der Waals surface area contributed by atoms with Crippen LogP contribution in [0.2, 0.25) is 5.02 Å². The number of urea groups is 1. The minimum absolute atomic E-state index is 0.307. The van der Waals surface area contributed by atoms with Crippen molar-refractivity contribution in [2.45, 2.75) is 6.04 Å². The summed E-state index contributed by atoms with van der Waals surface area (Å²) in [6.45, 7) is -0.696. The largest absolute Gasteiger partial charge is 0.480 e. The number of halogens is 1. The van der Waals surface area contributed by atoms with Gasteiger partial charge in [-0.1, -0.05) is 22.9 Å². The second-order valence-electron chi connectivity index (χ2n) is 3.80. The first-order chi connectivity index (χ1) is 9.49. The first-order valence-corrected chi connectivity index (χ1v) is 6.66. The fraction of sp³-hybridized carbons (Fsp3) is 0.182. The maximum Gasteiger partial charge on any atom is 0.328 e. The Hall–Kier alpha value is -1.90. The number of rotatable bonds is 4. The normalized spacial score (nSPS) is 12.1. The van der Waals surface area contributed by atoms with E-state index in [1.165, 1.54) is 11.3 Å². The third-order valence-corrected chi connectivity index (χ3v) is 3.53. The van der Waals surface area contributed by atoms with E-state index in [0.717, 1.165) is 4.70 Å². The molecule has 1 aromatic heterocycles. The second-order valence-corrected chi connectivity index (χ2v) is 5.27. The molecule has 0 aliphatic rings. The molecule has 20 heavy (non-hydrogen) atoms. The van der Waals surface area contributed by atoms with Crippen LogP contribution in [-0.4, -0.2) is 39.8 Å². The zero-order chi connectivity index (χ0) is 14.7. The Bertz CT molecular complexity index is 660. The Labute approximate surface area is 122 Å². The molecule has 2 aromatic rings. The smallest absolute Gasteiger partial charge is 0.328 e. The summed E-state index contributed by atoms with van der Waals surface area (Å²) in [5, 5.41) is 22.9. The number of anilines is 1. The molecule has 0 radical (unpaired) electrons. The predicted octanol–water partition coefficient (Wildman–Crippen LogP) is 1.52. The first-order valence-electron chi connectivity index (χ1n) is 5.47. The van der Waals surface area contributed by atoms with Crippen LogP contribution in [0.25, 0.3) is 10.2 Å². The number of carboxylic acids is 1. The molecular formula is C11H10ClN3O4S. The maximum absolute atomic E-state index is 11.6. The number of thiazole rings is 1. The molecule has 0 spiro atoms. The molecule has 0 aliphatic heterocycles. The summed E-state index contributed by atoms with van der Waals surface area (Å²) in [6, 6.07) is 2.99. The van der Waals surface area contributed by atoms with Crippen molar-refractivity contribution in [3.05, 3.63) is 23.2 Å². The highest BCUT2D eigenvalue weighted by Crippen LogP contribution is 2.28.